The van der Waals surface area contributed by atoms with Crippen molar-refractivity contribution in [1.82, 2.24) is 0 Å². The minimum Gasteiger partial charge on any atom is -0.425 e. The molecule has 2 aliphatic carbocycles. The highest BCUT2D eigenvalue weighted by Crippen LogP contribution is 2.34. The van der Waals surface area contributed by atoms with Crippen molar-refractivity contribution in [3.8, 4) is 12.1 Å². The van der Waals surface area contributed by atoms with Crippen LogP contribution in [0.15, 0.2) is 34.6 Å². The molecule has 0 aromatic carbocycles. The Kier molecular flexibility index (Phi) is 7.02. The molecule has 0 atom stereocenters. The van der Waals surface area contributed by atoms with Crippen LogP contribution in [0.4, 0.5) is 0 Å². The van der Waals surface area contributed by atoms with E-state index < -0.39 is 0 Å². The molecule has 0 N–H and O–H groups in total. The Morgan fingerprint density at radius 2 is 1.80 bits per heavy atom. The van der Waals surface area contributed by atoms with E-state index in [1.54, 1.807) is 6.08 Å². The molecule has 4 nitrogen and oxygen atoms in total. The molecular formula is C21H26N2O2. The molecule has 2 rings (SSSR count). The Morgan fingerprint density at radius 3 is 2.36 bits per heavy atom. The SMILES string of the molecule is CCCC1CCC(C(=O)OC2=CCC=C(CC)C(C#N)=C2C#N)CC1. The largest absolute Gasteiger partial charge is 0.425 e. The van der Waals surface area contributed by atoms with E-state index in [4.69, 9.17) is 4.74 Å². The molecule has 1 fully saturated rings. The number of hydrogen-bond acceptors (Lipinski definition) is 4. The number of allylic oxidation sites excluding steroid dienone is 5. The van der Waals surface area contributed by atoms with Gasteiger partial charge in [-0.15, -0.1) is 0 Å². The lowest BCUT2D eigenvalue weighted by molar-refractivity contribution is -0.145. The molecule has 0 aliphatic heterocycles. The molecule has 0 aromatic rings. The summed E-state index contributed by atoms with van der Waals surface area (Å²) in [5, 5.41) is 18.9. The fourth-order valence-electron chi connectivity index (χ4n) is 3.74. The van der Waals surface area contributed by atoms with E-state index >= 15 is 0 Å². The van der Waals surface area contributed by atoms with Crippen LogP contribution in [-0.4, -0.2) is 5.97 Å². The van der Waals surface area contributed by atoms with Gasteiger partial charge >= 0.3 is 5.97 Å². The van der Waals surface area contributed by atoms with Gasteiger partial charge in [0, 0.05) is 0 Å². The van der Waals surface area contributed by atoms with Crippen LogP contribution < -0.4 is 0 Å². The van der Waals surface area contributed by atoms with E-state index in [-0.39, 0.29) is 23.2 Å². The van der Waals surface area contributed by atoms with Crippen LogP contribution in [0.25, 0.3) is 0 Å². The number of carbonyl (C=O) groups is 1. The Labute approximate surface area is 150 Å². The Balaban J connectivity index is 2.09. The third kappa shape index (κ3) is 4.60. The van der Waals surface area contributed by atoms with Crippen LogP contribution in [-0.2, 0) is 9.53 Å². The summed E-state index contributed by atoms with van der Waals surface area (Å²) in [6.07, 6.45) is 11.1. The van der Waals surface area contributed by atoms with Gasteiger partial charge in [0.1, 0.15) is 23.5 Å². The van der Waals surface area contributed by atoms with Gasteiger partial charge in [0.2, 0.25) is 0 Å². The van der Waals surface area contributed by atoms with Gasteiger partial charge < -0.3 is 4.74 Å². The Hall–Kier alpha value is -2.33. The molecule has 0 saturated heterocycles. The molecule has 2 aliphatic rings. The van der Waals surface area contributed by atoms with Crippen molar-refractivity contribution in [2.45, 2.75) is 65.2 Å². The number of carbonyl (C=O) groups excluding carboxylic acids is 1. The molecule has 0 bridgehead atoms. The molecule has 0 heterocycles. The van der Waals surface area contributed by atoms with Crippen molar-refractivity contribution in [1.29, 1.82) is 10.5 Å². The number of esters is 1. The molecule has 0 radical (unpaired) electrons. The van der Waals surface area contributed by atoms with E-state index in [2.05, 4.69) is 19.1 Å². The number of ether oxygens (including phenoxy) is 1. The average Bonchev–Trinajstić information content (AvgIpc) is 2.80. The monoisotopic (exact) mass is 338 g/mol. The standard InChI is InChI=1S/C21H26N2O2/c1-3-6-15-9-11-17(12-10-15)21(24)25-20-8-5-7-16(4-2)18(13-22)19(20)14-23/h7-8,15,17H,3-6,9-12H2,1-2H3. The fourth-order valence-corrected chi connectivity index (χ4v) is 3.74. The van der Waals surface area contributed by atoms with E-state index in [1.165, 1.54) is 12.8 Å². The molecule has 0 spiro atoms. The van der Waals surface area contributed by atoms with Crippen LogP contribution in [0.2, 0.25) is 0 Å². The van der Waals surface area contributed by atoms with Crippen LogP contribution in [0.1, 0.15) is 65.2 Å². The molecule has 0 aromatic heterocycles. The number of nitriles is 2. The second-order valence-electron chi connectivity index (χ2n) is 6.79. The van der Waals surface area contributed by atoms with Crippen molar-refractivity contribution < 1.29 is 9.53 Å². The third-order valence-corrected chi connectivity index (χ3v) is 5.18. The van der Waals surface area contributed by atoms with Gasteiger partial charge in [-0.25, -0.2) is 0 Å². The van der Waals surface area contributed by atoms with E-state index in [0.29, 0.717) is 18.4 Å². The lowest BCUT2D eigenvalue weighted by Crippen LogP contribution is -2.24. The summed E-state index contributed by atoms with van der Waals surface area (Å²) < 4.78 is 5.59. The van der Waals surface area contributed by atoms with E-state index in [9.17, 15) is 15.3 Å². The zero-order chi connectivity index (χ0) is 18.2. The molecule has 4 heteroatoms. The third-order valence-electron chi connectivity index (χ3n) is 5.18. The van der Waals surface area contributed by atoms with Crippen LogP contribution in [0.5, 0.6) is 0 Å². The first kappa shape index (κ1) is 19.0. The van der Waals surface area contributed by atoms with Gasteiger partial charge in [-0.05, 0) is 56.1 Å². The molecule has 0 amide bonds. The van der Waals surface area contributed by atoms with Gasteiger partial charge in [0.15, 0.2) is 0 Å². The van der Waals surface area contributed by atoms with Crippen molar-refractivity contribution >= 4 is 5.97 Å². The average molecular weight is 338 g/mol. The van der Waals surface area contributed by atoms with Crippen molar-refractivity contribution in [2.24, 2.45) is 11.8 Å². The first-order valence-corrected chi connectivity index (χ1v) is 9.30. The minimum atomic E-state index is -0.258. The zero-order valence-corrected chi connectivity index (χ0v) is 15.2. The van der Waals surface area contributed by atoms with Gasteiger partial charge in [0.25, 0.3) is 0 Å². The number of hydrogen-bond donors (Lipinski definition) is 0. The predicted octanol–water partition coefficient (Wildman–Crippen LogP) is 5.10. The van der Waals surface area contributed by atoms with Gasteiger partial charge in [-0.1, -0.05) is 32.8 Å². The molecule has 0 unspecified atom stereocenters. The molecular weight excluding hydrogens is 312 g/mol. The lowest BCUT2D eigenvalue weighted by atomic mass is 9.80. The Bertz CT molecular complexity index is 678. The topological polar surface area (TPSA) is 73.9 Å². The highest BCUT2D eigenvalue weighted by atomic mass is 16.5. The van der Waals surface area contributed by atoms with Gasteiger partial charge in [-0.2, -0.15) is 10.5 Å². The molecule has 132 valence electrons. The summed E-state index contributed by atoms with van der Waals surface area (Å²) in [4.78, 5) is 12.6. The highest BCUT2D eigenvalue weighted by Gasteiger charge is 2.29. The first-order valence-electron chi connectivity index (χ1n) is 9.30. The second-order valence-corrected chi connectivity index (χ2v) is 6.79. The second kappa shape index (κ2) is 9.23. The minimum absolute atomic E-state index is 0.0960. The molecule has 25 heavy (non-hydrogen) atoms. The Morgan fingerprint density at radius 1 is 1.12 bits per heavy atom. The predicted molar refractivity (Wildman–Crippen MR) is 95.8 cm³/mol. The van der Waals surface area contributed by atoms with Gasteiger partial charge in [-0.3, -0.25) is 4.79 Å². The number of rotatable bonds is 5. The summed E-state index contributed by atoms with van der Waals surface area (Å²) in [6, 6.07) is 4.17. The van der Waals surface area contributed by atoms with Crippen LogP contribution in [0.3, 0.4) is 0 Å². The summed E-state index contributed by atoms with van der Waals surface area (Å²) in [6.45, 7) is 4.14. The summed E-state index contributed by atoms with van der Waals surface area (Å²) in [5.41, 5.74) is 1.34. The van der Waals surface area contributed by atoms with Crippen molar-refractivity contribution in [2.75, 3.05) is 0 Å². The van der Waals surface area contributed by atoms with Crippen LogP contribution in [0, 0.1) is 34.5 Å². The van der Waals surface area contributed by atoms with E-state index in [0.717, 1.165) is 37.2 Å². The first-order chi connectivity index (χ1) is 12.1. The quantitative estimate of drug-likeness (QED) is 0.653. The zero-order valence-electron chi connectivity index (χ0n) is 15.2. The lowest BCUT2D eigenvalue weighted by Gasteiger charge is -2.27. The highest BCUT2D eigenvalue weighted by molar-refractivity contribution is 5.75. The normalized spacial score (nSPS) is 23.7. The summed E-state index contributed by atoms with van der Waals surface area (Å²) >= 11 is 0. The molecule has 1 saturated carbocycles. The van der Waals surface area contributed by atoms with Crippen LogP contribution >= 0.6 is 0 Å². The van der Waals surface area contributed by atoms with E-state index in [1.807, 2.05) is 13.0 Å². The maximum absolute atomic E-state index is 12.6. The number of nitrogens with zero attached hydrogens (tertiary/aromatic N) is 2. The maximum Gasteiger partial charge on any atom is 0.314 e. The van der Waals surface area contributed by atoms with Crippen molar-refractivity contribution in [3.05, 3.63) is 34.6 Å². The summed E-state index contributed by atoms with van der Waals surface area (Å²) in [5.74, 6) is 0.620. The maximum atomic E-state index is 12.6. The smallest absolute Gasteiger partial charge is 0.314 e. The summed E-state index contributed by atoms with van der Waals surface area (Å²) in [7, 11) is 0. The van der Waals surface area contributed by atoms with Gasteiger partial charge in [0.05, 0.1) is 11.5 Å². The van der Waals surface area contributed by atoms with Crippen molar-refractivity contribution in [3.63, 3.8) is 0 Å². The fraction of sp³-hybridized carbons (Fsp3) is 0.571.